The Morgan fingerprint density at radius 1 is 1.30 bits per heavy atom. The molecular formula is C13H11F2N3O2. The van der Waals surface area contributed by atoms with E-state index in [1.807, 2.05) is 0 Å². The molecule has 0 aliphatic carbocycles. The molecular weight excluding hydrogens is 268 g/mol. The Morgan fingerprint density at radius 2 is 2.15 bits per heavy atom. The van der Waals surface area contributed by atoms with E-state index in [4.69, 9.17) is 4.74 Å². The fourth-order valence-corrected chi connectivity index (χ4v) is 2.22. The van der Waals surface area contributed by atoms with Crippen molar-refractivity contribution in [1.29, 1.82) is 0 Å². The van der Waals surface area contributed by atoms with E-state index in [-0.39, 0.29) is 0 Å². The lowest BCUT2D eigenvalue weighted by Gasteiger charge is -2.16. The smallest absolute Gasteiger partial charge is 0.408 e. The molecule has 2 N–H and O–H groups in total. The fraction of sp³-hybridized carbons (Fsp3) is 0.231. The predicted octanol–water partition coefficient (Wildman–Crippen LogP) is 2.08. The number of rotatable bonds is 3. The molecule has 20 heavy (non-hydrogen) atoms. The van der Waals surface area contributed by atoms with Crippen LogP contribution in [0.3, 0.4) is 0 Å². The van der Waals surface area contributed by atoms with Crippen molar-refractivity contribution < 1.29 is 18.3 Å². The van der Waals surface area contributed by atoms with Crippen molar-refractivity contribution in [1.82, 2.24) is 15.3 Å². The van der Waals surface area contributed by atoms with Gasteiger partial charge in [-0.15, -0.1) is 0 Å². The van der Waals surface area contributed by atoms with Crippen LogP contribution in [0.4, 0.5) is 13.6 Å². The topological polar surface area (TPSA) is 67.0 Å². The standard InChI is InChI=1S/C13H11F2N3O2/c14-8-2-1-7(5-9(8)15)12-10(20-13(19)18-12)6-11-16-3-4-17-11/h1-5,10,12H,6H2,(H,16,17)(H,18,19). The minimum absolute atomic E-state index is 0.357. The Morgan fingerprint density at radius 3 is 2.85 bits per heavy atom. The van der Waals surface area contributed by atoms with Crippen molar-refractivity contribution in [2.75, 3.05) is 0 Å². The van der Waals surface area contributed by atoms with E-state index in [0.29, 0.717) is 17.8 Å². The first kappa shape index (κ1) is 12.6. The summed E-state index contributed by atoms with van der Waals surface area (Å²) in [4.78, 5) is 18.3. The normalized spacial score (nSPS) is 21.6. The number of aromatic amines is 1. The zero-order chi connectivity index (χ0) is 14.1. The number of aromatic nitrogens is 2. The number of amides is 1. The van der Waals surface area contributed by atoms with Gasteiger partial charge in [-0.2, -0.15) is 0 Å². The van der Waals surface area contributed by atoms with Gasteiger partial charge in [0, 0.05) is 18.8 Å². The fourth-order valence-electron chi connectivity index (χ4n) is 2.22. The number of nitrogens with one attached hydrogen (secondary N) is 2. The van der Waals surface area contributed by atoms with Gasteiger partial charge < -0.3 is 15.0 Å². The minimum atomic E-state index is -0.958. The first-order valence-electron chi connectivity index (χ1n) is 6.04. The average Bonchev–Trinajstić information content (AvgIpc) is 3.03. The van der Waals surface area contributed by atoms with Crippen molar-refractivity contribution in [2.24, 2.45) is 0 Å². The number of cyclic esters (lactones) is 1. The Kier molecular flexibility index (Phi) is 3.09. The molecule has 1 saturated heterocycles. The lowest BCUT2D eigenvalue weighted by atomic mass is 9.99. The van der Waals surface area contributed by atoms with Crippen LogP contribution >= 0.6 is 0 Å². The number of halogens is 2. The Hall–Kier alpha value is -2.44. The van der Waals surface area contributed by atoms with Crippen LogP contribution in [-0.2, 0) is 11.2 Å². The van der Waals surface area contributed by atoms with E-state index in [9.17, 15) is 13.6 Å². The van der Waals surface area contributed by atoms with E-state index in [1.54, 1.807) is 12.4 Å². The van der Waals surface area contributed by atoms with Gasteiger partial charge >= 0.3 is 6.09 Å². The van der Waals surface area contributed by atoms with Crippen molar-refractivity contribution in [3.63, 3.8) is 0 Å². The minimum Gasteiger partial charge on any atom is -0.443 e. The van der Waals surface area contributed by atoms with Crippen LogP contribution < -0.4 is 5.32 Å². The highest BCUT2D eigenvalue weighted by Crippen LogP contribution is 2.27. The summed E-state index contributed by atoms with van der Waals surface area (Å²) in [6.45, 7) is 0. The molecule has 1 aromatic heterocycles. The van der Waals surface area contributed by atoms with Crippen molar-refractivity contribution in [3.8, 4) is 0 Å². The highest BCUT2D eigenvalue weighted by Gasteiger charge is 2.36. The maximum atomic E-state index is 13.3. The second-order valence-electron chi connectivity index (χ2n) is 4.48. The summed E-state index contributed by atoms with van der Waals surface area (Å²) in [5, 5.41) is 2.59. The average molecular weight is 279 g/mol. The second-order valence-corrected chi connectivity index (χ2v) is 4.48. The van der Waals surface area contributed by atoms with Gasteiger partial charge in [-0.05, 0) is 17.7 Å². The summed E-state index contributed by atoms with van der Waals surface area (Å²) >= 11 is 0. The van der Waals surface area contributed by atoms with Gasteiger partial charge in [-0.25, -0.2) is 18.6 Å². The molecule has 3 rings (SSSR count). The highest BCUT2D eigenvalue weighted by molar-refractivity contribution is 5.70. The van der Waals surface area contributed by atoms with E-state index in [1.165, 1.54) is 6.07 Å². The molecule has 0 bridgehead atoms. The molecule has 1 fully saturated rings. The number of nitrogens with zero attached hydrogens (tertiary/aromatic N) is 1. The Bertz CT molecular complexity index is 631. The van der Waals surface area contributed by atoms with Gasteiger partial charge in [0.15, 0.2) is 11.6 Å². The molecule has 1 aliphatic heterocycles. The number of hydrogen-bond acceptors (Lipinski definition) is 3. The van der Waals surface area contributed by atoms with Crippen LogP contribution in [0.25, 0.3) is 0 Å². The number of carbonyl (C=O) groups excluding carboxylic acids is 1. The number of imidazole rings is 1. The summed E-state index contributed by atoms with van der Waals surface area (Å²) in [6, 6.07) is 2.97. The summed E-state index contributed by atoms with van der Waals surface area (Å²) in [7, 11) is 0. The molecule has 5 nitrogen and oxygen atoms in total. The third-order valence-corrected chi connectivity index (χ3v) is 3.16. The lowest BCUT2D eigenvalue weighted by Crippen LogP contribution is -2.24. The van der Waals surface area contributed by atoms with Gasteiger partial charge in [0.25, 0.3) is 0 Å². The van der Waals surface area contributed by atoms with Crippen molar-refractivity contribution in [2.45, 2.75) is 18.6 Å². The molecule has 0 radical (unpaired) electrons. The second kappa shape index (κ2) is 4.92. The monoisotopic (exact) mass is 279 g/mol. The number of alkyl carbamates (subject to hydrolysis) is 1. The Labute approximate surface area is 113 Å². The Balaban J connectivity index is 1.85. The predicted molar refractivity (Wildman–Crippen MR) is 64.8 cm³/mol. The zero-order valence-corrected chi connectivity index (χ0v) is 10.3. The summed E-state index contributed by atoms with van der Waals surface area (Å²) in [5.41, 5.74) is 0.450. The van der Waals surface area contributed by atoms with Crippen LogP contribution in [0, 0.1) is 11.6 Å². The molecule has 2 atom stereocenters. The molecule has 2 heterocycles. The summed E-state index contributed by atoms with van der Waals surface area (Å²) in [6.07, 6.45) is 2.49. The first-order chi connectivity index (χ1) is 9.63. The van der Waals surface area contributed by atoms with Crippen LogP contribution in [0.1, 0.15) is 17.4 Å². The number of carbonyl (C=O) groups is 1. The molecule has 0 spiro atoms. The molecule has 7 heteroatoms. The van der Waals surface area contributed by atoms with Crippen molar-refractivity contribution >= 4 is 6.09 Å². The van der Waals surface area contributed by atoms with Gasteiger partial charge in [0.1, 0.15) is 11.9 Å². The number of ether oxygens (including phenoxy) is 1. The van der Waals surface area contributed by atoms with Crippen LogP contribution in [0.15, 0.2) is 30.6 Å². The van der Waals surface area contributed by atoms with Gasteiger partial charge in [0.05, 0.1) is 6.04 Å². The van der Waals surface area contributed by atoms with E-state index in [2.05, 4.69) is 15.3 Å². The van der Waals surface area contributed by atoms with E-state index >= 15 is 0 Å². The number of hydrogen-bond donors (Lipinski definition) is 2. The molecule has 0 saturated carbocycles. The summed E-state index contributed by atoms with van der Waals surface area (Å²) < 4.78 is 31.4. The molecule has 1 aliphatic rings. The number of H-pyrrole nitrogens is 1. The lowest BCUT2D eigenvalue weighted by molar-refractivity contribution is 0.130. The molecule has 104 valence electrons. The van der Waals surface area contributed by atoms with Crippen molar-refractivity contribution in [3.05, 3.63) is 53.6 Å². The quantitative estimate of drug-likeness (QED) is 0.904. The number of benzene rings is 1. The summed E-state index contributed by atoms with van der Waals surface area (Å²) in [5.74, 6) is -1.24. The maximum absolute atomic E-state index is 13.3. The zero-order valence-electron chi connectivity index (χ0n) is 10.3. The van der Waals surface area contributed by atoms with Crippen LogP contribution in [0.5, 0.6) is 0 Å². The molecule has 1 aromatic carbocycles. The largest absolute Gasteiger partial charge is 0.443 e. The van der Waals surface area contributed by atoms with Crippen LogP contribution in [0.2, 0.25) is 0 Å². The van der Waals surface area contributed by atoms with E-state index in [0.717, 1.165) is 12.1 Å². The van der Waals surface area contributed by atoms with E-state index < -0.39 is 29.9 Å². The highest BCUT2D eigenvalue weighted by atomic mass is 19.2. The van der Waals surface area contributed by atoms with Crippen LogP contribution in [-0.4, -0.2) is 22.2 Å². The third-order valence-electron chi connectivity index (χ3n) is 3.16. The van der Waals surface area contributed by atoms with Gasteiger partial charge in [-0.1, -0.05) is 6.07 Å². The first-order valence-corrected chi connectivity index (χ1v) is 6.04. The van der Waals surface area contributed by atoms with Gasteiger partial charge in [-0.3, -0.25) is 0 Å². The molecule has 2 unspecified atom stereocenters. The SMILES string of the molecule is O=C1NC(c2ccc(F)c(F)c2)C(Cc2ncc[nH]2)O1. The van der Waals surface area contributed by atoms with Gasteiger partial charge in [0.2, 0.25) is 0 Å². The molecule has 1 amide bonds. The maximum Gasteiger partial charge on any atom is 0.408 e. The molecule has 2 aromatic rings. The third kappa shape index (κ3) is 2.34.